The van der Waals surface area contributed by atoms with Crippen molar-refractivity contribution >= 4 is 24.0 Å². The van der Waals surface area contributed by atoms with Crippen LogP contribution in [0.5, 0.6) is 0 Å². The molecule has 0 bridgehead atoms. The topological polar surface area (TPSA) is 91.3 Å². The van der Waals surface area contributed by atoms with E-state index in [9.17, 15) is 9.59 Å². The molecule has 0 spiro atoms. The number of carbonyl (C=O) groups is 2. The van der Waals surface area contributed by atoms with Crippen molar-refractivity contribution in [3.05, 3.63) is 12.3 Å². The van der Waals surface area contributed by atoms with Gasteiger partial charge in [0, 0.05) is 58.6 Å². The molecule has 2 amide bonds. The van der Waals surface area contributed by atoms with E-state index in [1.54, 1.807) is 22.9 Å². The van der Waals surface area contributed by atoms with E-state index in [4.69, 9.17) is 14.5 Å². The number of hydrogen-bond acceptors (Lipinski definition) is 8. The van der Waals surface area contributed by atoms with Gasteiger partial charge in [0.15, 0.2) is 0 Å². The van der Waals surface area contributed by atoms with Crippen molar-refractivity contribution in [2.45, 2.75) is 13.8 Å². The lowest BCUT2D eigenvalue weighted by Gasteiger charge is -2.36. The molecule has 0 N–H and O–H groups in total. The quantitative estimate of drug-likeness (QED) is 0.750. The molecule has 0 aliphatic carbocycles. The Morgan fingerprint density at radius 3 is 1.86 bits per heavy atom. The molecule has 3 heterocycles. The number of rotatable bonds is 4. The van der Waals surface area contributed by atoms with Crippen LogP contribution in [0.25, 0.3) is 0 Å². The molecule has 2 saturated heterocycles. The van der Waals surface area contributed by atoms with E-state index in [0.29, 0.717) is 71.5 Å². The van der Waals surface area contributed by atoms with Gasteiger partial charge in [-0.15, -0.1) is 0 Å². The van der Waals surface area contributed by atoms with Gasteiger partial charge in [-0.3, -0.25) is 0 Å². The molecular formula is C18H28N6O4. The minimum Gasteiger partial charge on any atom is -0.450 e. The van der Waals surface area contributed by atoms with Gasteiger partial charge >= 0.3 is 12.2 Å². The Morgan fingerprint density at radius 1 is 0.857 bits per heavy atom. The zero-order chi connectivity index (χ0) is 19.9. The van der Waals surface area contributed by atoms with Crippen molar-refractivity contribution in [2.24, 2.45) is 0 Å². The van der Waals surface area contributed by atoms with Crippen LogP contribution in [0, 0.1) is 0 Å². The largest absolute Gasteiger partial charge is 0.450 e. The Labute approximate surface area is 165 Å². The van der Waals surface area contributed by atoms with Gasteiger partial charge in [-0.25, -0.2) is 14.6 Å². The first-order valence-electron chi connectivity index (χ1n) is 9.78. The molecule has 2 fully saturated rings. The number of carbonyl (C=O) groups excluding carboxylic acids is 2. The molecule has 0 aromatic carbocycles. The molecule has 0 saturated carbocycles. The third-order valence-electron chi connectivity index (χ3n) is 4.85. The average molecular weight is 392 g/mol. The molecule has 28 heavy (non-hydrogen) atoms. The first kappa shape index (κ1) is 20.0. The number of amides is 2. The van der Waals surface area contributed by atoms with Crippen molar-refractivity contribution in [1.82, 2.24) is 19.8 Å². The molecule has 3 rings (SSSR count). The molecule has 10 heteroatoms. The fraction of sp³-hybridized carbons (Fsp3) is 0.667. The van der Waals surface area contributed by atoms with Gasteiger partial charge in [-0.1, -0.05) is 0 Å². The molecule has 2 aliphatic rings. The third kappa shape index (κ3) is 4.73. The van der Waals surface area contributed by atoms with E-state index < -0.39 is 0 Å². The summed E-state index contributed by atoms with van der Waals surface area (Å²) in [7, 11) is 0. The van der Waals surface area contributed by atoms with Crippen LogP contribution < -0.4 is 9.80 Å². The average Bonchev–Trinajstić information content (AvgIpc) is 2.74. The summed E-state index contributed by atoms with van der Waals surface area (Å²) in [6, 6.07) is 1.89. The van der Waals surface area contributed by atoms with Crippen LogP contribution in [0.4, 0.5) is 21.4 Å². The number of nitrogens with zero attached hydrogens (tertiary/aromatic N) is 6. The van der Waals surface area contributed by atoms with Gasteiger partial charge in [-0.05, 0) is 19.9 Å². The molecule has 0 atom stereocenters. The second-order valence-corrected chi connectivity index (χ2v) is 6.56. The lowest BCUT2D eigenvalue weighted by atomic mass is 10.3. The van der Waals surface area contributed by atoms with Crippen LogP contribution in [-0.4, -0.2) is 97.5 Å². The van der Waals surface area contributed by atoms with Crippen molar-refractivity contribution in [2.75, 3.05) is 75.4 Å². The van der Waals surface area contributed by atoms with E-state index in [0.717, 1.165) is 5.82 Å². The zero-order valence-corrected chi connectivity index (χ0v) is 16.5. The highest BCUT2D eigenvalue weighted by molar-refractivity contribution is 5.68. The Morgan fingerprint density at radius 2 is 1.36 bits per heavy atom. The molecule has 154 valence electrons. The SMILES string of the molecule is CCOC(=O)N1CCN(c2ccnc(N3CCN(C(=O)OCC)CC3)n2)CC1. The number of piperazine rings is 2. The second kappa shape index (κ2) is 9.43. The van der Waals surface area contributed by atoms with Crippen molar-refractivity contribution < 1.29 is 19.1 Å². The molecule has 0 unspecified atom stereocenters. The van der Waals surface area contributed by atoms with Crippen LogP contribution >= 0.6 is 0 Å². The van der Waals surface area contributed by atoms with Gasteiger partial charge in [0.2, 0.25) is 5.95 Å². The minimum absolute atomic E-state index is 0.259. The first-order valence-corrected chi connectivity index (χ1v) is 9.78. The second-order valence-electron chi connectivity index (χ2n) is 6.56. The fourth-order valence-corrected chi connectivity index (χ4v) is 3.30. The van der Waals surface area contributed by atoms with Gasteiger partial charge in [0.1, 0.15) is 5.82 Å². The fourth-order valence-electron chi connectivity index (χ4n) is 3.30. The van der Waals surface area contributed by atoms with E-state index in [2.05, 4.69) is 14.8 Å². The first-order chi connectivity index (χ1) is 13.6. The monoisotopic (exact) mass is 392 g/mol. The molecule has 0 radical (unpaired) electrons. The predicted molar refractivity (Wildman–Crippen MR) is 104 cm³/mol. The van der Waals surface area contributed by atoms with Crippen molar-refractivity contribution in [3.8, 4) is 0 Å². The Balaban J connectivity index is 1.55. The van der Waals surface area contributed by atoms with E-state index in [1.807, 2.05) is 13.0 Å². The summed E-state index contributed by atoms with van der Waals surface area (Å²) in [5, 5.41) is 0. The summed E-state index contributed by atoms with van der Waals surface area (Å²) in [4.78, 5) is 40.4. The smallest absolute Gasteiger partial charge is 0.409 e. The van der Waals surface area contributed by atoms with Crippen LogP contribution in [0.15, 0.2) is 12.3 Å². The lowest BCUT2D eigenvalue weighted by molar-refractivity contribution is 0.104. The van der Waals surface area contributed by atoms with Crippen molar-refractivity contribution in [3.63, 3.8) is 0 Å². The highest BCUT2D eigenvalue weighted by Gasteiger charge is 2.25. The summed E-state index contributed by atoms with van der Waals surface area (Å²) in [6.07, 6.45) is 1.23. The third-order valence-corrected chi connectivity index (χ3v) is 4.85. The number of aromatic nitrogens is 2. The molecule has 1 aromatic heterocycles. The zero-order valence-electron chi connectivity index (χ0n) is 16.5. The van der Waals surface area contributed by atoms with Crippen LogP contribution in [0.3, 0.4) is 0 Å². The summed E-state index contributed by atoms with van der Waals surface area (Å²) in [5.74, 6) is 1.51. The Hall–Kier alpha value is -2.78. The molecule has 2 aliphatic heterocycles. The predicted octanol–water partition coefficient (Wildman–Crippen LogP) is 1.03. The van der Waals surface area contributed by atoms with E-state index in [-0.39, 0.29) is 12.2 Å². The van der Waals surface area contributed by atoms with Crippen LogP contribution in [0.2, 0.25) is 0 Å². The van der Waals surface area contributed by atoms with Crippen molar-refractivity contribution in [1.29, 1.82) is 0 Å². The summed E-state index contributed by atoms with van der Waals surface area (Å²) in [5.41, 5.74) is 0. The Kier molecular flexibility index (Phi) is 6.72. The number of ether oxygens (including phenoxy) is 2. The maximum Gasteiger partial charge on any atom is 0.409 e. The van der Waals surface area contributed by atoms with Gasteiger partial charge in [-0.2, -0.15) is 4.98 Å². The van der Waals surface area contributed by atoms with Gasteiger partial charge < -0.3 is 29.1 Å². The highest BCUT2D eigenvalue weighted by atomic mass is 16.6. The number of hydrogen-bond donors (Lipinski definition) is 0. The van der Waals surface area contributed by atoms with Gasteiger partial charge in [0.25, 0.3) is 0 Å². The summed E-state index contributed by atoms with van der Waals surface area (Å²) < 4.78 is 10.1. The maximum absolute atomic E-state index is 11.8. The Bertz CT molecular complexity index is 619. The summed E-state index contributed by atoms with van der Waals surface area (Å²) >= 11 is 0. The van der Waals surface area contributed by atoms with E-state index in [1.165, 1.54) is 0 Å². The number of anilines is 2. The molecular weight excluding hydrogens is 364 g/mol. The molecule has 1 aromatic rings. The molecule has 10 nitrogen and oxygen atoms in total. The maximum atomic E-state index is 11.8. The normalized spacial score (nSPS) is 17.5. The summed E-state index contributed by atoms with van der Waals surface area (Å²) in [6.45, 7) is 9.51. The highest BCUT2D eigenvalue weighted by Crippen LogP contribution is 2.18. The minimum atomic E-state index is -0.267. The van der Waals surface area contributed by atoms with E-state index >= 15 is 0 Å². The van der Waals surface area contributed by atoms with Gasteiger partial charge in [0.05, 0.1) is 13.2 Å². The van der Waals surface area contributed by atoms with Crippen LogP contribution in [0.1, 0.15) is 13.8 Å². The lowest BCUT2D eigenvalue weighted by Crippen LogP contribution is -2.50. The standard InChI is InChI=1S/C18H28N6O4/c1-3-27-17(25)23-11-7-21(8-12-23)15-5-6-19-16(20-15)22-9-13-24(14-10-22)18(26)28-4-2/h5-6H,3-4,7-14H2,1-2H3. The van der Waals surface area contributed by atoms with Crippen LogP contribution in [-0.2, 0) is 9.47 Å².